The summed E-state index contributed by atoms with van der Waals surface area (Å²) in [6, 6.07) is 10.5. The van der Waals surface area contributed by atoms with Crippen LogP contribution in [-0.4, -0.2) is 35.7 Å². The summed E-state index contributed by atoms with van der Waals surface area (Å²) in [4.78, 5) is 14.0. The molecule has 106 valence electrons. The molecule has 1 amide bonds. The first kappa shape index (κ1) is 16.1. The van der Waals surface area contributed by atoms with Gasteiger partial charge in [-0.25, -0.2) is 0 Å². The number of likely N-dealkylation sites (N-methyl/N-ethyl adjacent to an activating group) is 1. The molecule has 0 saturated heterocycles. The third-order valence-electron chi connectivity index (χ3n) is 3.29. The van der Waals surface area contributed by atoms with Crippen molar-refractivity contribution in [3.63, 3.8) is 0 Å². The van der Waals surface area contributed by atoms with E-state index in [9.17, 15) is 4.79 Å². The minimum Gasteiger partial charge on any atom is -0.353 e. The van der Waals surface area contributed by atoms with Gasteiger partial charge < -0.3 is 5.32 Å². The number of carbonyl (C=O) groups excluding carboxylic acids is 1. The molecule has 0 heterocycles. The van der Waals surface area contributed by atoms with Gasteiger partial charge in [-0.05, 0) is 25.6 Å². The average Bonchev–Trinajstić information content (AvgIpc) is 2.43. The van der Waals surface area contributed by atoms with E-state index in [1.54, 1.807) is 6.92 Å². The van der Waals surface area contributed by atoms with Crippen LogP contribution in [0.4, 0.5) is 0 Å². The second-order valence-electron chi connectivity index (χ2n) is 4.57. The summed E-state index contributed by atoms with van der Waals surface area (Å²) in [5.74, 6) is -0.0172. The number of nitrogens with zero attached hydrogens (tertiary/aromatic N) is 1. The van der Waals surface area contributed by atoms with Gasteiger partial charge >= 0.3 is 0 Å². The molecule has 0 aliphatic heterocycles. The fourth-order valence-electron chi connectivity index (χ4n) is 2.14. The van der Waals surface area contributed by atoms with Gasteiger partial charge in [-0.3, -0.25) is 9.69 Å². The van der Waals surface area contributed by atoms with Gasteiger partial charge in [0.05, 0.1) is 11.3 Å². The van der Waals surface area contributed by atoms with Crippen LogP contribution in [0.2, 0.25) is 0 Å². The van der Waals surface area contributed by atoms with Gasteiger partial charge in [0, 0.05) is 6.54 Å². The van der Waals surface area contributed by atoms with Gasteiger partial charge in [0.25, 0.3) is 0 Å². The van der Waals surface area contributed by atoms with Crippen molar-refractivity contribution in [1.29, 1.82) is 0 Å². The Balaban J connectivity index is 2.79. The summed E-state index contributed by atoms with van der Waals surface area (Å²) in [7, 11) is 0. The fourth-order valence-corrected chi connectivity index (χ4v) is 2.23. The molecule has 1 aromatic rings. The minimum absolute atomic E-state index is 0.0172. The van der Waals surface area contributed by atoms with Crippen LogP contribution in [-0.2, 0) is 4.79 Å². The average molecular weight is 280 g/mol. The van der Waals surface area contributed by atoms with Crippen LogP contribution in [0.25, 0.3) is 0 Å². The molecule has 0 spiro atoms. The molecule has 0 aliphatic rings. The van der Waals surface area contributed by atoms with Crippen LogP contribution in [0.5, 0.6) is 0 Å². The highest BCUT2D eigenvalue weighted by Gasteiger charge is 2.19. The lowest BCUT2D eigenvalue weighted by Crippen LogP contribution is -2.40. The highest BCUT2D eigenvalue weighted by atomic mass is 32.1. The zero-order chi connectivity index (χ0) is 14.3. The largest absolute Gasteiger partial charge is 0.353 e. The molecule has 0 radical (unpaired) electrons. The van der Waals surface area contributed by atoms with Crippen LogP contribution in [0, 0.1) is 0 Å². The van der Waals surface area contributed by atoms with Crippen LogP contribution in [0.1, 0.15) is 32.4 Å². The molecule has 0 aliphatic carbocycles. The summed E-state index contributed by atoms with van der Waals surface area (Å²) in [5, 5.41) is 2.70. The van der Waals surface area contributed by atoms with E-state index in [1.807, 2.05) is 18.2 Å². The SMILES string of the molecule is CCN(CC)C(CNC(=O)C(C)S)c1ccccc1. The highest BCUT2D eigenvalue weighted by molar-refractivity contribution is 7.81. The number of hydrogen-bond acceptors (Lipinski definition) is 3. The van der Waals surface area contributed by atoms with Gasteiger partial charge in [0.2, 0.25) is 5.91 Å². The van der Waals surface area contributed by atoms with E-state index in [-0.39, 0.29) is 17.2 Å². The molecule has 4 heteroatoms. The molecular formula is C15H24N2OS. The number of benzene rings is 1. The Morgan fingerprint density at radius 1 is 1.26 bits per heavy atom. The Hall–Kier alpha value is -1.00. The molecule has 0 bridgehead atoms. The molecule has 1 N–H and O–H groups in total. The van der Waals surface area contributed by atoms with E-state index >= 15 is 0 Å². The lowest BCUT2D eigenvalue weighted by atomic mass is 10.1. The molecule has 2 unspecified atom stereocenters. The van der Waals surface area contributed by atoms with Gasteiger partial charge in [-0.1, -0.05) is 44.2 Å². The van der Waals surface area contributed by atoms with Crippen molar-refractivity contribution >= 4 is 18.5 Å². The van der Waals surface area contributed by atoms with E-state index in [4.69, 9.17) is 0 Å². The van der Waals surface area contributed by atoms with E-state index in [2.05, 4.69) is 48.8 Å². The molecule has 1 rings (SSSR count). The second-order valence-corrected chi connectivity index (χ2v) is 5.34. The number of rotatable bonds is 7. The Labute approximate surface area is 121 Å². The number of carbonyl (C=O) groups is 1. The third-order valence-corrected chi connectivity index (χ3v) is 3.52. The fraction of sp³-hybridized carbons (Fsp3) is 0.533. The maximum atomic E-state index is 11.7. The quantitative estimate of drug-likeness (QED) is 0.752. The summed E-state index contributed by atoms with van der Waals surface area (Å²) >= 11 is 4.15. The Kier molecular flexibility index (Phi) is 6.95. The zero-order valence-corrected chi connectivity index (χ0v) is 12.9. The normalized spacial score (nSPS) is 14.2. The van der Waals surface area contributed by atoms with Gasteiger partial charge in [-0.15, -0.1) is 0 Å². The molecule has 0 fully saturated rings. The maximum Gasteiger partial charge on any atom is 0.232 e. The van der Waals surface area contributed by atoms with E-state index in [0.717, 1.165) is 13.1 Å². The van der Waals surface area contributed by atoms with Gasteiger partial charge in [0.15, 0.2) is 0 Å². The first-order valence-electron chi connectivity index (χ1n) is 6.84. The van der Waals surface area contributed by atoms with E-state index < -0.39 is 0 Å². The van der Waals surface area contributed by atoms with Crippen molar-refractivity contribution in [1.82, 2.24) is 10.2 Å². The molecular weight excluding hydrogens is 256 g/mol. The summed E-state index contributed by atoms with van der Waals surface area (Å²) < 4.78 is 0. The lowest BCUT2D eigenvalue weighted by molar-refractivity contribution is -0.120. The number of amides is 1. The summed E-state index contributed by atoms with van der Waals surface area (Å²) in [6.45, 7) is 8.61. The van der Waals surface area contributed by atoms with Gasteiger partial charge in [0.1, 0.15) is 0 Å². The topological polar surface area (TPSA) is 32.3 Å². The molecule has 3 nitrogen and oxygen atoms in total. The van der Waals surface area contributed by atoms with Crippen molar-refractivity contribution in [3.8, 4) is 0 Å². The van der Waals surface area contributed by atoms with Crippen molar-refractivity contribution in [2.75, 3.05) is 19.6 Å². The molecule has 2 atom stereocenters. The third kappa shape index (κ3) is 4.88. The Bertz CT molecular complexity index is 377. The number of nitrogens with one attached hydrogen (secondary N) is 1. The highest BCUT2D eigenvalue weighted by Crippen LogP contribution is 2.19. The van der Waals surface area contributed by atoms with Crippen LogP contribution < -0.4 is 5.32 Å². The molecule has 0 aromatic heterocycles. The maximum absolute atomic E-state index is 11.7. The first-order chi connectivity index (χ1) is 9.10. The molecule has 1 aromatic carbocycles. The Morgan fingerprint density at radius 3 is 2.32 bits per heavy atom. The van der Waals surface area contributed by atoms with Crippen molar-refractivity contribution in [2.45, 2.75) is 32.1 Å². The summed E-state index contributed by atoms with van der Waals surface area (Å²) in [6.07, 6.45) is 0. The zero-order valence-electron chi connectivity index (χ0n) is 12.0. The second kappa shape index (κ2) is 8.23. The monoisotopic (exact) mass is 280 g/mol. The summed E-state index contributed by atoms with van der Waals surface area (Å²) in [5.41, 5.74) is 1.23. The predicted octanol–water partition coefficient (Wildman–Crippen LogP) is 2.50. The Morgan fingerprint density at radius 2 is 1.84 bits per heavy atom. The van der Waals surface area contributed by atoms with Crippen molar-refractivity contribution in [2.24, 2.45) is 0 Å². The molecule has 19 heavy (non-hydrogen) atoms. The van der Waals surface area contributed by atoms with Crippen LogP contribution >= 0.6 is 12.6 Å². The lowest BCUT2D eigenvalue weighted by Gasteiger charge is -2.30. The van der Waals surface area contributed by atoms with E-state index in [0.29, 0.717) is 6.54 Å². The van der Waals surface area contributed by atoms with E-state index in [1.165, 1.54) is 5.56 Å². The van der Waals surface area contributed by atoms with Crippen LogP contribution in [0.3, 0.4) is 0 Å². The minimum atomic E-state index is -0.270. The van der Waals surface area contributed by atoms with Crippen LogP contribution in [0.15, 0.2) is 30.3 Å². The standard InChI is InChI=1S/C15H24N2OS/c1-4-17(5-2)14(11-16-15(18)12(3)19)13-9-7-6-8-10-13/h6-10,12,14,19H,4-5,11H2,1-3H3,(H,16,18). The number of hydrogen-bond donors (Lipinski definition) is 2. The van der Waals surface area contributed by atoms with Crippen molar-refractivity contribution in [3.05, 3.63) is 35.9 Å². The predicted molar refractivity (Wildman–Crippen MR) is 83.6 cm³/mol. The van der Waals surface area contributed by atoms with Crippen molar-refractivity contribution < 1.29 is 4.79 Å². The number of thiol groups is 1. The smallest absolute Gasteiger partial charge is 0.232 e. The van der Waals surface area contributed by atoms with Gasteiger partial charge in [-0.2, -0.15) is 12.6 Å². The molecule has 0 saturated carbocycles. The first-order valence-corrected chi connectivity index (χ1v) is 7.36.